The first-order valence-corrected chi connectivity index (χ1v) is 7.46. The number of nitrogens with one attached hydrogen (secondary N) is 1. The highest BCUT2D eigenvalue weighted by Crippen LogP contribution is 2.36. The minimum absolute atomic E-state index is 0.137. The van der Waals surface area contributed by atoms with Crippen molar-refractivity contribution in [3.63, 3.8) is 0 Å². The van der Waals surface area contributed by atoms with E-state index in [4.69, 9.17) is 0 Å². The quantitative estimate of drug-likeness (QED) is 0.781. The van der Waals surface area contributed by atoms with E-state index in [1.54, 1.807) is 12.1 Å². The summed E-state index contributed by atoms with van der Waals surface area (Å²) in [4.78, 5) is 12.1. The molecule has 1 fully saturated rings. The smallest absolute Gasteiger partial charge is 0.248 e. The van der Waals surface area contributed by atoms with Crippen LogP contribution in [0.15, 0.2) is 24.3 Å². The molecule has 0 spiro atoms. The molecule has 2 rings (SSSR count). The minimum Gasteiger partial charge on any atom is -0.508 e. The highest BCUT2D eigenvalue weighted by Gasteiger charge is 2.39. The van der Waals surface area contributed by atoms with E-state index in [-0.39, 0.29) is 18.8 Å². The van der Waals surface area contributed by atoms with Crippen LogP contribution < -0.4 is 5.32 Å². The highest BCUT2D eigenvalue weighted by molar-refractivity contribution is 5.79. The number of halogens is 2. The summed E-state index contributed by atoms with van der Waals surface area (Å²) in [7, 11) is 0. The molecular formula is C16H21F2NO3. The van der Waals surface area contributed by atoms with Gasteiger partial charge in [-0.25, -0.2) is 8.78 Å². The maximum Gasteiger partial charge on any atom is 0.248 e. The summed E-state index contributed by atoms with van der Waals surface area (Å²) < 4.78 is 26.7. The molecule has 1 saturated carbocycles. The number of alkyl halides is 2. The normalized spacial score (nSPS) is 22.0. The molecule has 0 radical (unpaired) electrons. The van der Waals surface area contributed by atoms with Crippen LogP contribution in [0.2, 0.25) is 0 Å². The third kappa shape index (κ3) is 4.66. The topological polar surface area (TPSA) is 69.6 Å². The lowest BCUT2D eigenvalue weighted by Crippen LogP contribution is -2.44. The lowest BCUT2D eigenvalue weighted by molar-refractivity contribution is -0.133. The van der Waals surface area contributed by atoms with Crippen LogP contribution in [0.25, 0.3) is 0 Å². The zero-order valence-electron chi connectivity index (χ0n) is 12.3. The van der Waals surface area contributed by atoms with Gasteiger partial charge in [0, 0.05) is 18.8 Å². The summed E-state index contributed by atoms with van der Waals surface area (Å²) in [5, 5.41) is 21.3. The average molecular weight is 313 g/mol. The van der Waals surface area contributed by atoms with Crippen molar-refractivity contribution in [2.45, 2.75) is 44.1 Å². The average Bonchev–Trinajstić information content (AvgIpc) is 2.47. The highest BCUT2D eigenvalue weighted by atomic mass is 19.3. The van der Waals surface area contributed by atoms with Gasteiger partial charge < -0.3 is 15.5 Å². The van der Waals surface area contributed by atoms with Crippen molar-refractivity contribution in [2.24, 2.45) is 5.92 Å². The largest absolute Gasteiger partial charge is 0.508 e. The molecule has 1 amide bonds. The molecule has 1 aromatic rings. The van der Waals surface area contributed by atoms with Gasteiger partial charge in [0.2, 0.25) is 11.8 Å². The number of aliphatic hydroxyl groups excluding tert-OH is 1. The van der Waals surface area contributed by atoms with Gasteiger partial charge in [-0.3, -0.25) is 4.79 Å². The molecule has 1 aliphatic carbocycles. The second-order valence-electron chi connectivity index (χ2n) is 5.91. The summed E-state index contributed by atoms with van der Waals surface area (Å²) in [6, 6.07) is 5.91. The van der Waals surface area contributed by atoms with E-state index < -0.39 is 30.2 Å². The number of phenols is 1. The molecule has 0 aromatic heterocycles. The van der Waals surface area contributed by atoms with Gasteiger partial charge in [0.05, 0.1) is 12.6 Å². The Morgan fingerprint density at radius 3 is 2.64 bits per heavy atom. The fraction of sp³-hybridized carbons (Fsp3) is 0.562. The Morgan fingerprint density at radius 2 is 2.05 bits per heavy atom. The number of aliphatic hydroxyl groups is 1. The molecule has 122 valence electrons. The number of carbonyl (C=O) groups is 1. The lowest BCUT2D eigenvalue weighted by Gasteiger charge is -2.29. The van der Waals surface area contributed by atoms with E-state index in [2.05, 4.69) is 5.32 Å². The van der Waals surface area contributed by atoms with Crippen molar-refractivity contribution >= 4 is 5.91 Å². The molecule has 0 saturated heterocycles. The van der Waals surface area contributed by atoms with Crippen molar-refractivity contribution in [1.82, 2.24) is 5.32 Å². The number of amides is 1. The zero-order valence-corrected chi connectivity index (χ0v) is 12.3. The van der Waals surface area contributed by atoms with Crippen molar-refractivity contribution in [3.8, 4) is 5.75 Å². The number of carbonyl (C=O) groups excluding carboxylic acids is 1. The molecule has 22 heavy (non-hydrogen) atoms. The van der Waals surface area contributed by atoms with E-state index in [9.17, 15) is 23.8 Å². The number of aromatic hydroxyl groups is 1. The van der Waals surface area contributed by atoms with Gasteiger partial charge >= 0.3 is 0 Å². The molecule has 3 N–H and O–H groups in total. The Morgan fingerprint density at radius 1 is 1.36 bits per heavy atom. The molecule has 6 heteroatoms. The predicted octanol–water partition coefficient (Wildman–Crippen LogP) is 2.24. The standard InChI is InChI=1S/C16H21F2NO3/c17-16(18)7-1-2-12(9-16)15(22)19-13(10-20)8-11-3-5-14(21)6-4-11/h3-6,12-13,20-21H,1-2,7-10H2,(H,19,22)/t12?,13-/m0/s1. The molecule has 0 aliphatic heterocycles. The van der Waals surface area contributed by atoms with Gasteiger partial charge in [-0.2, -0.15) is 0 Å². The Balaban J connectivity index is 1.91. The maximum absolute atomic E-state index is 13.4. The van der Waals surface area contributed by atoms with Crippen molar-refractivity contribution in [3.05, 3.63) is 29.8 Å². The van der Waals surface area contributed by atoms with Gasteiger partial charge in [0.1, 0.15) is 5.75 Å². The number of phenolic OH excluding ortho intramolecular Hbond substituents is 1. The number of benzene rings is 1. The van der Waals surface area contributed by atoms with Crippen molar-refractivity contribution in [2.75, 3.05) is 6.61 Å². The number of hydrogen-bond acceptors (Lipinski definition) is 3. The lowest BCUT2D eigenvalue weighted by atomic mass is 9.85. The van der Waals surface area contributed by atoms with Gasteiger partial charge in [0.25, 0.3) is 0 Å². The van der Waals surface area contributed by atoms with E-state index >= 15 is 0 Å². The van der Waals surface area contributed by atoms with Gasteiger partial charge in [-0.05, 0) is 37.0 Å². The van der Waals surface area contributed by atoms with Crippen molar-refractivity contribution in [1.29, 1.82) is 0 Å². The first kappa shape index (κ1) is 16.7. The van der Waals surface area contributed by atoms with Crippen LogP contribution in [0.1, 0.15) is 31.2 Å². The molecule has 0 bridgehead atoms. The Kier molecular flexibility index (Phi) is 5.34. The zero-order chi connectivity index (χ0) is 16.2. The van der Waals surface area contributed by atoms with Gasteiger partial charge in [-0.1, -0.05) is 12.1 Å². The van der Waals surface area contributed by atoms with Crippen molar-refractivity contribution < 1.29 is 23.8 Å². The van der Waals surface area contributed by atoms with Crippen LogP contribution in [-0.4, -0.2) is 34.7 Å². The Labute approximate surface area is 128 Å². The third-order valence-corrected chi connectivity index (χ3v) is 4.00. The first-order valence-electron chi connectivity index (χ1n) is 7.46. The maximum atomic E-state index is 13.4. The van der Waals surface area contributed by atoms with E-state index in [0.29, 0.717) is 19.3 Å². The molecule has 2 atom stereocenters. The number of hydrogen-bond donors (Lipinski definition) is 3. The van der Waals surface area contributed by atoms with Crippen LogP contribution >= 0.6 is 0 Å². The molecule has 4 nitrogen and oxygen atoms in total. The predicted molar refractivity (Wildman–Crippen MR) is 77.7 cm³/mol. The monoisotopic (exact) mass is 313 g/mol. The van der Waals surface area contributed by atoms with E-state index in [1.807, 2.05) is 0 Å². The second kappa shape index (κ2) is 7.05. The first-order chi connectivity index (χ1) is 10.4. The third-order valence-electron chi connectivity index (χ3n) is 4.00. The summed E-state index contributed by atoms with van der Waals surface area (Å²) in [5.74, 6) is -3.75. The summed E-state index contributed by atoms with van der Waals surface area (Å²) >= 11 is 0. The fourth-order valence-electron chi connectivity index (χ4n) is 2.79. The van der Waals surface area contributed by atoms with Crippen LogP contribution in [-0.2, 0) is 11.2 Å². The Bertz CT molecular complexity index is 505. The molecule has 0 heterocycles. The SMILES string of the molecule is O=C(N[C@H](CO)Cc1ccc(O)cc1)C1CCCC(F)(F)C1. The van der Waals surface area contributed by atoms with E-state index in [1.165, 1.54) is 12.1 Å². The molecule has 1 aliphatic rings. The number of rotatable bonds is 5. The minimum atomic E-state index is -2.77. The summed E-state index contributed by atoms with van der Waals surface area (Å²) in [6.07, 6.45) is 0.598. The van der Waals surface area contributed by atoms with Crippen LogP contribution in [0.5, 0.6) is 5.75 Å². The van der Waals surface area contributed by atoms with E-state index in [0.717, 1.165) is 5.56 Å². The fourth-order valence-corrected chi connectivity index (χ4v) is 2.79. The Hall–Kier alpha value is -1.69. The summed E-state index contributed by atoms with van der Waals surface area (Å²) in [6.45, 7) is -0.268. The van der Waals surface area contributed by atoms with Gasteiger partial charge in [0.15, 0.2) is 0 Å². The van der Waals surface area contributed by atoms with Crippen LogP contribution in [0, 0.1) is 5.92 Å². The van der Waals surface area contributed by atoms with Crippen LogP contribution in [0.4, 0.5) is 8.78 Å². The summed E-state index contributed by atoms with van der Waals surface area (Å²) in [5.41, 5.74) is 0.839. The second-order valence-corrected chi connectivity index (χ2v) is 5.91. The molecular weight excluding hydrogens is 292 g/mol. The van der Waals surface area contributed by atoms with Crippen LogP contribution in [0.3, 0.4) is 0 Å². The van der Waals surface area contributed by atoms with Gasteiger partial charge in [-0.15, -0.1) is 0 Å². The molecule has 1 aromatic carbocycles. The molecule has 1 unspecified atom stereocenters.